The number of rotatable bonds is 8. The van der Waals surface area contributed by atoms with Crippen molar-refractivity contribution in [2.24, 2.45) is 0 Å². The molecule has 3 heterocycles. The van der Waals surface area contributed by atoms with Gasteiger partial charge in [0.2, 0.25) is 0 Å². The smallest absolute Gasteiger partial charge is 0.399 e. The Labute approximate surface area is 821 Å². The zero-order valence-electron chi connectivity index (χ0n) is 73.0. The van der Waals surface area contributed by atoms with Crippen molar-refractivity contribution in [3.05, 3.63) is 399 Å². The molecule has 0 spiro atoms. The molecule has 638 valence electrons. The van der Waals surface area contributed by atoms with Crippen LogP contribution >= 0.6 is 79.6 Å². The molecular weight excluding hydrogens is 1970 g/mol. The van der Waals surface area contributed by atoms with Crippen molar-refractivity contribution in [3.8, 4) is 77.9 Å². The molecule has 0 amide bonds. The van der Waals surface area contributed by atoms with E-state index in [-0.39, 0.29) is 25.7 Å². The molecule has 1 saturated heterocycles. The first-order chi connectivity index (χ1) is 65.6. The van der Waals surface area contributed by atoms with E-state index in [0.29, 0.717) is 0 Å². The molecule has 0 unspecified atom stereocenters. The molecule has 0 atom stereocenters. The predicted molar refractivity (Wildman–Crippen MR) is 596 cm³/mol. The molecule has 4 nitrogen and oxygen atoms in total. The van der Waals surface area contributed by atoms with Crippen molar-refractivity contribution in [2.45, 2.75) is 46.3 Å². The minimum absolute atomic E-state index is 0. The van der Waals surface area contributed by atoms with E-state index < -0.39 is 0 Å². The molecule has 0 saturated carbocycles. The summed E-state index contributed by atoms with van der Waals surface area (Å²) in [6, 6.07) is 134. The van der Waals surface area contributed by atoms with Crippen LogP contribution in [0.15, 0.2) is 399 Å². The molecule has 0 N–H and O–H groups in total. The molecule has 1 aliphatic heterocycles. The van der Waals surface area contributed by atoms with Gasteiger partial charge in [-0.3, -0.25) is 9.97 Å². The average molecular weight is 2050 g/mol. The molecule has 28 aromatic rings. The zero-order chi connectivity index (χ0) is 89.6. The molecule has 29 rings (SSSR count). The van der Waals surface area contributed by atoms with Gasteiger partial charge in [-0.25, -0.2) is 0 Å². The summed E-state index contributed by atoms with van der Waals surface area (Å²) in [5.74, 6) is 0. The summed E-state index contributed by atoms with van der Waals surface area (Å²) in [5.41, 5.74) is 16.6. The highest BCUT2D eigenvalue weighted by Gasteiger charge is 2.52. The molecule has 0 aliphatic carbocycles. The SMILES string of the molecule is Brc1c(Br)c(Br)c(-c2cccnc2)c(Br)c1Br.C.CC1(C)OB(c2ccc3ccc4cccc5ccc2c3c45)OC1(C)C.c1cncc(-c2c(-c3ccc4ccc5cccc6ccc3c4c56)c(-c3ccc4ccc5cccc6ccc3c4c56)c(-c3ccc4ccc5cccc6ccc3c4c56)c(-c3ccc4ccc5cccc6ccc3c4c56)c2-c2ccc3ccc4cccc5ccc2c3c45)c1. The molecule has 10 heteroatoms. The lowest BCUT2D eigenvalue weighted by molar-refractivity contribution is 0.00578. The topological polar surface area (TPSA) is 44.2 Å². The Kier molecular flexibility index (Phi) is 19.0. The Morgan fingerprint density at radius 1 is 0.200 bits per heavy atom. The molecular formula is C125H78BBr5N2O2. The first-order valence-electron chi connectivity index (χ1n) is 45.5. The van der Waals surface area contributed by atoms with E-state index in [1.807, 2.05) is 24.5 Å². The largest absolute Gasteiger partial charge is 0.495 e. The van der Waals surface area contributed by atoms with Crippen molar-refractivity contribution in [1.82, 2.24) is 9.97 Å². The minimum atomic E-state index is -0.338. The molecule has 1 aliphatic rings. The fourth-order valence-electron chi connectivity index (χ4n) is 23.0. The van der Waals surface area contributed by atoms with Gasteiger partial charge in [-0.2, -0.15) is 0 Å². The maximum atomic E-state index is 6.32. The summed E-state index contributed by atoms with van der Waals surface area (Å²) in [4.78, 5) is 9.31. The summed E-state index contributed by atoms with van der Waals surface area (Å²) >= 11 is 17.8. The maximum absolute atomic E-state index is 6.32. The monoisotopic (exact) mass is 2040 g/mol. The molecule has 0 bridgehead atoms. The predicted octanol–water partition coefficient (Wildman–Crippen LogP) is 37.7. The van der Waals surface area contributed by atoms with Gasteiger partial charge >= 0.3 is 7.12 Å². The molecule has 26 aromatic carbocycles. The Hall–Kier alpha value is -13.4. The van der Waals surface area contributed by atoms with Crippen molar-refractivity contribution < 1.29 is 9.31 Å². The number of halogens is 5. The highest BCUT2D eigenvalue weighted by Crippen LogP contribution is 2.63. The van der Waals surface area contributed by atoms with Gasteiger partial charge in [0.05, 0.1) is 11.2 Å². The van der Waals surface area contributed by atoms with Crippen LogP contribution in [0, 0.1) is 0 Å². The van der Waals surface area contributed by atoms with E-state index >= 15 is 0 Å². The Balaban J connectivity index is 0.000000180. The van der Waals surface area contributed by atoms with Crippen molar-refractivity contribution in [3.63, 3.8) is 0 Å². The molecule has 135 heavy (non-hydrogen) atoms. The summed E-state index contributed by atoms with van der Waals surface area (Å²) in [6.07, 6.45) is 7.68. The maximum Gasteiger partial charge on any atom is 0.495 e. The van der Waals surface area contributed by atoms with E-state index in [1.54, 1.807) is 6.20 Å². The van der Waals surface area contributed by atoms with Crippen LogP contribution in [0.5, 0.6) is 0 Å². The van der Waals surface area contributed by atoms with Gasteiger partial charge in [-0.1, -0.05) is 347 Å². The molecule has 2 aromatic heterocycles. The second-order valence-electron chi connectivity index (χ2n) is 37.1. The van der Waals surface area contributed by atoms with E-state index in [1.165, 1.54) is 250 Å². The summed E-state index contributed by atoms with van der Waals surface area (Å²) in [7, 11) is -0.338. The summed E-state index contributed by atoms with van der Waals surface area (Å²) in [5, 5.41) is 45.2. The third-order valence-corrected chi connectivity index (χ3v) is 35.8. The lowest BCUT2D eigenvalue weighted by atomic mass is 9.71. The van der Waals surface area contributed by atoms with Crippen molar-refractivity contribution in [2.75, 3.05) is 0 Å². The Morgan fingerprint density at radius 2 is 0.400 bits per heavy atom. The van der Waals surface area contributed by atoms with Crippen LogP contribution in [0.2, 0.25) is 0 Å². The fourth-order valence-corrected chi connectivity index (χ4v) is 26.5. The van der Waals surface area contributed by atoms with Crippen LogP contribution in [-0.2, 0) is 9.31 Å². The average Bonchev–Trinajstić information content (AvgIpc) is 0.889. The number of benzene rings is 26. The zero-order valence-corrected chi connectivity index (χ0v) is 80.9. The van der Waals surface area contributed by atoms with Crippen LogP contribution in [0.25, 0.3) is 272 Å². The molecule has 1 fully saturated rings. The third-order valence-electron chi connectivity index (χ3n) is 29.7. The van der Waals surface area contributed by atoms with Crippen LogP contribution in [0.3, 0.4) is 0 Å². The Morgan fingerprint density at radius 3 is 0.652 bits per heavy atom. The number of hydrogen-bond acceptors (Lipinski definition) is 4. The van der Waals surface area contributed by atoms with Crippen LogP contribution in [0.4, 0.5) is 0 Å². The molecule has 0 radical (unpaired) electrons. The van der Waals surface area contributed by atoms with Crippen molar-refractivity contribution in [1.29, 1.82) is 0 Å². The van der Waals surface area contributed by atoms with E-state index in [0.717, 1.165) is 50.1 Å². The highest BCUT2D eigenvalue weighted by atomic mass is 79.9. The number of hydrogen-bond donors (Lipinski definition) is 0. The normalized spacial score (nSPS) is 13.5. The quantitative estimate of drug-likeness (QED) is 0.0658. The number of pyridine rings is 2. The van der Waals surface area contributed by atoms with Gasteiger partial charge in [0, 0.05) is 69.4 Å². The first-order valence-corrected chi connectivity index (χ1v) is 49.5. The lowest BCUT2D eigenvalue weighted by Gasteiger charge is -2.32. The second-order valence-corrected chi connectivity index (χ2v) is 41.1. The highest BCUT2D eigenvalue weighted by molar-refractivity contribution is 9.15. The summed E-state index contributed by atoms with van der Waals surface area (Å²) < 4.78 is 17.5. The van der Waals surface area contributed by atoms with E-state index in [4.69, 9.17) is 14.3 Å². The van der Waals surface area contributed by atoms with E-state index in [9.17, 15) is 0 Å². The first kappa shape index (κ1) is 82.3. The van der Waals surface area contributed by atoms with Gasteiger partial charge in [-0.05, 0) is 374 Å². The van der Waals surface area contributed by atoms with Gasteiger partial charge in [0.15, 0.2) is 0 Å². The van der Waals surface area contributed by atoms with Crippen LogP contribution in [-0.4, -0.2) is 28.3 Å². The van der Waals surface area contributed by atoms with Gasteiger partial charge in [-0.15, -0.1) is 0 Å². The number of aromatic nitrogens is 2. The van der Waals surface area contributed by atoms with E-state index in [2.05, 4.69) is 458 Å². The third kappa shape index (κ3) is 12.3. The van der Waals surface area contributed by atoms with Gasteiger partial charge < -0.3 is 9.31 Å². The fraction of sp³-hybridized carbons (Fsp3) is 0.0560. The standard InChI is InChI=1S/C91H49N.C22H21BO2.C11H4Br5N.CH4/c1-7-50-18-23-60-33-43-71(66-38-28-55(12-1)76(50)81(60)66)87-86(65-17-6-48-92-49-65)88(72-44-34-61-24-19-51-8-2-13-56-29-39-67(72)82(61)77(51)56)90(74-46-36-63-26-21-53-10-4-15-58-31-41-69(74)84(63)79(53)58)91(75-47-37-64-27-22-54-11-5-16-59-32-42-70(75)85(64)80(54)59)89(87)73-45-35-62-25-20-52-9-3-14-57-30-40-68(73)83(62)78(52)57;1-21(2)22(3,4)25-23(24-21)18-13-11-16-9-8-14-6-5-7-15-10-12-17(18)20(16)19(14)15;12-7-6(5-2-1-3-17-4-5)8(13)10(15)11(16)9(7)14;/h1-49H;5-13H,1-4H3;1-4H;1H4. The number of nitrogens with zero attached hydrogens (tertiary/aromatic N) is 2. The van der Waals surface area contributed by atoms with Gasteiger partial charge in [0.25, 0.3) is 0 Å². The summed E-state index contributed by atoms with van der Waals surface area (Å²) in [6.45, 7) is 8.40. The Bertz CT molecular complexity index is 9340. The van der Waals surface area contributed by atoms with Crippen LogP contribution in [0.1, 0.15) is 35.1 Å². The van der Waals surface area contributed by atoms with Crippen molar-refractivity contribution >= 4 is 286 Å². The second kappa shape index (κ2) is 31.1. The minimum Gasteiger partial charge on any atom is -0.399 e. The lowest BCUT2D eigenvalue weighted by Crippen LogP contribution is -2.41. The van der Waals surface area contributed by atoms with Crippen LogP contribution < -0.4 is 5.46 Å². The van der Waals surface area contributed by atoms with Gasteiger partial charge in [0.1, 0.15) is 0 Å².